The Morgan fingerprint density at radius 2 is 1.84 bits per heavy atom. The Kier molecular flexibility index (Phi) is 6.74. The van der Waals surface area contributed by atoms with E-state index in [9.17, 15) is 24.6 Å². The van der Waals surface area contributed by atoms with Crippen LogP contribution in [0, 0.1) is 28.0 Å². The molecule has 0 aromatic carbocycles. The van der Waals surface area contributed by atoms with Gasteiger partial charge in [0.15, 0.2) is 12.1 Å². The number of likely N-dealkylation sites (tertiary alicyclic amines) is 1. The summed E-state index contributed by atoms with van der Waals surface area (Å²) in [7, 11) is 0. The third-order valence-electron chi connectivity index (χ3n) is 7.13. The number of rotatable bonds is 4. The summed E-state index contributed by atoms with van der Waals surface area (Å²) in [6.45, 7) is 13.0. The lowest BCUT2D eigenvalue weighted by Crippen LogP contribution is -2.72. The van der Waals surface area contributed by atoms with Crippen molar-refractivity contribution >= 4 is 29.9 Å². The number of aliphatic carboxylic acids is 1. The first-order valence-electron chi connectivity index (χ1n) is 10.5. The van der Waals surface area contributed by atoms with Crippen LogP contribution in [0.3, 0.4) is 0 Å². The number of piperidine rings is 1. The summed E-state index contributed by atoms with van der Waals surface area (Å²) < 4.78 is 15.0. The third-order valence-corrected chi connectivity index (χ3v) is 7.32. The quantitative estimate of drug-likeness (QED) is 0.465. The predicted molar refractivity (Wildman–Crippen MR) is 119 cm³/mol. The fraction of sp³-hybridized carbons (Fsp3) is 0.652. The maximum atomic E-state index is 15.0. The second kappa shape index (κ2) is 8.28. The Bertz CT molecular complexity index is 940. The Morgan fingerprint density at radius 3 is 2.25 bits per heavy atom. The van der Waals surface area contributed by atoms with Gasteiger partial charge in [-0.2, -0.15) is 0 Å². The van der Waals surface area contributed by atoms with Crippen molar-refractivity contribution in [3.8, 4) is 0 Å². The second-order valence-corrected chi connectivity index (χ2v) is 11.3. The number of aldehydes is 1. The van der Waals surface area contributed by atoms with Gasteiger partial charge in [-0.15, -0.1) is 0 Å². The maximum absolute atomic E-state index is 15.0. The number of amides is 1. The first-order chi connectivity index (χ1) is 14.4. The molecule has 2 rings (SSSR count). The molecular formula is C23H32ClFN2O5. The van der Waals surface area contributed by atoms with E-state index in [1.165, 1.54) is 4.90 Å². The summed E-state index contributed by atoms with van der Waals surface area (Å²) in [5.74, 6) is -2.80. The van der Waals surface area contributed by atoms with E-state index in [-0.39, 0.29) is 35.8 Å². The number of pyridine rings is 1. The molecule has 3 atom stereocenters. The Morgan fingerprint density at radius 1 is 1.28 bits per heavy atom. The van der Waals surface area contributed by atoms with Gasteiger partial charge in [-0.05, 0) is 30.2 Å². The molecule has 0 aliphatic carbocycles. The number of hydrogen-bond acceptors (Lipinski definition) is 4. The van der Waals surface area contributed by atoms with Crippen LogP contribution in [-0.4, -0.2) is 50.5 Å². The molecule has 0 radical (unpaired) electrons. The molecule has 2 heterocycles. The highest BCUT2D eigenvalue weighted by molar-refractivity contribution is 6.29. The highest BCUT2D eigenvalue weighted by Gasteiger charge is 2.66. The zero-order valence-corrected chi connectivity index (χ0v) is 20.4. The number of carbonyl (C=O) groups is 3. The molecule has 178 valence electrons. The lowest BCUT2D eigenvalue weighted by Gasteiger charge is -2.64. The zero-order chi connectivity index (χ0) is 24.9. The highest BCUT2D eigenvalue weighted by atomic mass is 35.5. The maximum Gasteiger partial charge on any atom is 0.407 e. The van der Waals surface area contributed by atoms with Crippen molar-refractivity contribution < 1.29 is 29.0 Å². The van der Waals surface area contributed by atoms with E-state index < -0.39 is 45.6 Å². The lowest BCUT2D eigenvalue weighted by atomic mass is 9.47. The van der Waals surface area contributed by atoms with E-state index in [4.69, 9.17) is 11.6 Å². The number of carboxylic acids is 1. The predicted octanol–water partition coefficient (Wildman–Crippen LogP) is 5.15. The van der Waals surface area contributed by atoms with Crippen molar-refractivity contribution in [2.45, 2.75) is 66.8 Å². The normalized spacial score (nSPS) is 26.7. The van der Waals surface area contributed by atoms with Gasteiger partial charge in [0.2, 0.25) is 0 Å². The van der Waals surface area contributed by atoms with Gasteiger partial charge in [0.25, 0.3) is 0 Å². The van der Waals surface area contributed by atoms with E-state index in [0.717, 1.165) is 6.07 Å². The summed E-state index contributed by atoms with van der Waals surface area (Å²) in [6.07, 6.45) is -1.18. The van der Waals surface area contributed by atoms with E-state index in [1.807, 2.05) is 41.5 Å². The number of hydrogen-bond donors (Lipinski definition) is 2. The minimum Gasteiger partial charge on any atom is -0.481 e. The molecule has 7 nitrogen and oxygen atoms in total. The third kappa shape index (κ3) is 4.09. The van der Waals surface area contributed by atoms with Crippen LogP contribution in [0.2, 0.25) is 5.15 Å². The van der Waals surface area contributed by atoms with E-state index in [1.54, 1.807) is 6.92 Å². The van der Waals surface area contributed by atoms with Crippen molar-refractivity contribution in [2.24, 2.45) is 22.2 Å². The molecule has 1 aromatic heterocycles. The molecule has 2 N–H and O–H groups in total. The molecule has 32 heavy (non-hydrogen) atoms. The SMILES string of the molecule is CC(C)(C)C1[C@@](Cc2nc(Cl)cc(C=O)c2F)(C(=O)O)CCN(C(=O)O)[C@@]1(C)C(C)(C)C. The van der Waals surface area contributed by atoms with Gasteiger partial charge in [-0.3, -0.25) is 9.59 Å². The van der Waals surface area contributed by atoms with Crippen molar-refractivity contribution in [3.63, 3.8) is 0 Å². The van der Waals surface area contributed by atoms with E-state index in [2.05, 4.69) is 4.98 Å². The minimum absolute atomic E-state index is 0.0354. The smallest absolute Gasteiger partial charge is 0.407 e. The summed E-state index contributed by atoms with van der Waals surface area (Å²) in [5, 5.41) is 20.5. The average molecular weight is 471 g/mol. The molecule has 1 amide bonds. The van der Waals surface area contributed by atoms with E-state index >= 15 is 4.39 Å². The molecule has 1 aliphatic rings. The van der Waals surface area contributed by atoms with Crippen LogP contribution in [0.4, 0.5) is 9.18 Å². The van der Waals surface area contributed by atoms with Crippen LogP contribution in [0.1, 0.15) is 70.9 Å². The molecule has 0 saturated carbocycles. The molecule has 1 saturated heterocycles. The molecular weight excluding hydrogens is 439 g/mol. The molecule has 1 aromatic rings. The molecule has 9 heteroatoms. The molecule has 0 spiro atoms. The van der Waals surface area contributed by atoms with Crippen LogP contribution >= 0.6 is 11.6 Å². The monoisotopic (exact) mass is 470 g/mol. The number of aromatic nitrogens is 1. The lowest BCUT2D eigenvalue weighted by molar-refractivity contribution is -0.188. The van der Waals surface area contributed by atoms with E-state index in [0.29, 0.717) is 6.29 Å². The molecule has 0 bridgehead atoms. The summed E-state index contributed by atoms with van der Waals surface area (Å²) >= 11 is 5.99. The van der Waals surface area contributed by atoms with Gasteiger partial charge in [0.1, 0.15) is 5.15 Å². The Labute approximate surface area is 193 Å². The Hall–Kier alpha value is -2.22. The van der Waals surface area contributed by atoms with Crippen molar-refractivity contribution in [2.75, 3.05) is 6.54 Å². The molecule has 1 unspecified atom stereocenters. The fourth-order valence-corrected chi connectivity index (χ4v) is 5.97. The highest BCUT2D eigenvalue weighted by Crippen LogP contribution is 2.60. The average Bonchev–Trinajstić information content (AvgIpc) is 2.61. The minimum atomic E-state index is -1.55. The first-order valence-corrected chi connectivity index (χ1v) is 10.9. The summed E-state index contributed by atoms with van der Waals surface area (Å²) in [6, 6.07) is 1.09. The number of carbonyl (C=O) groups excluding carboxylic acids is 1. The number of carboxylic acid groups (broad SMARTS) is 2. The van der Waals surface area contributed by atoms with Crippen molar-refractivity contribution in [1.82, 2.24) is 9.88 Å². The second-order valence-electron chi connectivity index (χ2n) is 10.9. The van der Waals surface area contributed by atoms with Crippen molar-refractivity contribution in [1.29, 1.82) is 0 Å². The standard InChI is InChI=1S/C23H32ClFN2O5/c1-20(2,3)17-22(7,21(4,5)6)27(19(31)32)9-8-23(17,18(29)30)11-14-16(25)13(12-28)10-15(24)26-14/h10,12,17H,8-9,11H2,1-7H3,(H,29,30)(H,31,32)/t17?,22-,23-/m1/s1. The van der Waals surface area contributed by atoms with Gasteiger partial charge >= 0.3 is 12.1 Å². The topological polar surface area (TPSA) is 108 Å². The zero-order valence-electron chi connectivity index (χ0n) is 19.6. The first kappa shape index (κ1) is 26.0. The summed E-state index contributed by atoms with van der Waals surface area (Å²) in [4.78, 5) is 41.9. The largest absolute Gasteiger partial charge is 0.481 e. The summed E-state index contributed by atoms with van der Waals surface area (Å²) in [5.41, 5.74) is -4.51. The van der Waals surface area contributed by atoms with Gasteiger partial charge < -0.3 is 15.1 Å². The Balaban J connectivity index is 2.87. The molecule has 1 fully saturated rings. The van der Waals surface area contributed by atoms with Crippen LogP contribution in [-0.2, 0) is 11.2 Å². The van der Waals surface area contributed by atoms with Crippen LogP contribution in [0.15, 0.2) is 6.07 Å². The van der Waals surface area contributed by atoms with Crippen LogP contribution in [0.5, 0.6) is 0 Å². The molecule has 1 aliphatic heterocycles. The van der Waals surface area contributed by atoms with Gasteiger partial charge in [0.05, 0.1) is 22.2 Å². The number of nitrogens with zero attached hydrogens (tertiary/aromatic N) is 2. The number of halogens is 2. The van der Waals surface area contributed by atoms with Gasteiger partial charge in [0, 0.05) is 18.9 Å². The fourth-order valence-electron chi connectivity index (χ4n) is 5.75. The van der Waals surface area contributed by atoms with Gasteiger partial charge in [-0.25, -0.2) is 14.2 Å². The van der Waals surface area contributed by atoms with Crippen LogP contribution in [0.25, 0.3) is 0 Å². The van der Waals surface area contributed by atoms with Gasteiger partial charge in [-0.1, -0.05) is 53.1 Å². The van der Waals surface area contributed by atoms with Crippen molar-refractivity contribution in [3.05, 3.63) is 28.3 Å². The van der Waals surface area contributed by atoms with Crippen LogP contribution < -0.4 is 0 Å².